The first-order chi connectivity index (χ1) is 10.0. The minimum Gasteiger partial charge on any atom is -0.481 e. The number of nitrogens with one attached hydrogen (secondary N) is 2. The van der Waals surface area contributed by atoms with E-state index in [4.69, 9.17) is 14.6 Å². The molecule has 2 aliphatic heterocycles. The van der Waals surface area contributed by atoms with Gasteiger partial charge in [-0.05, 0) is 0 Å². The molecule has 2 heterocycles. The number of morpholine rings is 1. The van der Waals surface area contributed by atoms with Crippen molar-refractivity contribution in [2.75, 3.05) is 40.0 Å². The van der Waals surface area contributed by atoms with Gasteiger partial charge in [0.05, 0.1) is 32.5 Å². The molecule has 3 unspecified atom stereocenters. The standard InChI is InChI=1S/C12H19N3O6/c1-13-10(16)9-6-20-3-2-15(9)12(19)14-8-5-21-4-7(8)11(17)18/h7-9H,2-6H2,1H3,(H,13,16)(H,14,19)(H,17,18). The second-order valence-electron chi connectivity index (χ2n) is 4.94. The Morgan fingerprint density at radius 1 is 1.19 bits per heavy atom. The number of hydrogen-bond acceptors (Lipinski definition) is 5. The zero-order valence-corrected chi connectivity index (χ0v) is 11.7. The van der Waals surface area contributed by atoms with E-state index < -0.39 is 30.0 Å². The van der Waals surface area contributed by atoms with Gasteiger partial charge in [-0.25, -0.2) is 4.79 Å². The Balaban J connectivity index is 2.00. The fourth-order valence-electron chi connectivity index (χ4n) is 2.41. The lowest BCUT2D eigenvalue weighted by atomic mass is 10.0. The van der Waals surface area contributed by atoms with Crippen LogP contribution in [0.25, 0.3) is 0 Å². The van der Waals surface area contributed by atoms with Crippen molar-refractivity contribution in [3.8, 4) is 0 Å². The summed E-state index contributed by atoms with van der Waals surface area (Å²) < 4.78 is 10.3. The van der Waals surface area contributed by atoms with Crippen LogP contribution < -0.4 is 10.6 Å². The van der Waals surface area contributed by atoms with Crippen molar-refractivity contribution in [1.82, 2.24) is 15.5 Å². The first kappa shape index (κ1) is 15.5. The number of hydrogen-bond donors (Lipinski definition) is 3. The molecule has 2 fully saturated rings. The van der Waals surface area contributed by atoms with Crippen LogP contribution in [0, 0.1) is 5.92 Å². The summed E-state index contributed by atoms with van der Waals surface area (Å²) in [6.45, 7) is 0.955. The number of carboxylic acid groups (broad SMARTS) is 1. The van der Waals surface area contributed by atoms with Crippen molar-refractivity contribution in [3.05, 3.63) is 0 Å². The highest BCUT2D eigenvalue weighted by Crippen LogP contribution is 2.15. The van der Waals surface area contributed by atoms with E-state index in [0.717, 1.165) is 0 Å². The predicted octanol–water partition coefficient (Wildman–Crippen LogP) is -1.76. The maximum atomic E-state index is 12.3. The third-order valence-corrected chi connectivity index (χ3v) is 3.64. The highest BCUT2D eigenvalue weighted by Gasteiger charge is 2.38. The zero-order chi connectivity index (χ0) is 15.4. The number of carbonyl (C=O) groups excluding carboxylic acids is 2. The van der Waals surface area contributed by atoms with Gasteiger partial charge in [0.25, 0.3) is 0 Å². The summed E-state index contributed by atoms with van der Waals surface area (Å²) in [5, 5.41) is 14.2. The molecule has 9 heteroatoms. The lowest BCUT2D eigenvalue weighted by molar-refractivity contribution is -0.142. The van der Waals surface area contributed by atoms with Gasteiger partial charge in [-0.15, -0.1) is 0 Å². The summed E-state index contributed by atoms with van der Waals surface area (Å²) in [6.07, 6.45) is 0. The number of ether oxygens (including phenoxy) is 2. The molecular weight excluding hydrogens is 282 g/mol. The zero-order valence-electron chi connectivity index (χ0n) is 11.7. The molecule has 0 spiro atoms. The molecule has 0 aromatic carbocycles. The van der Waals surface area contributed by atoms with Gasteiger partial charge in [-0.1, -0.05) is 0 Å². The predicted molar refractivity (Wildman–Crippen MR) is 69.6 cm³/mol. The number of likely N-dealkylation sites (N-methyl/N-ethyl adjacent to an activating group) is 1. The molecule has 0 radical (unpaired) electrons. The molecule has 0 bridgehead atoms. The normalized spacial score (nSPS) is 29.0. The van der Waals surface area contributed by atoms with E-state index in [2.05, 4.69) is 10.6 Å². The molecule has 2 aliphatic rings. The molecule has 2 rings (SSSR count). The number of aliphatic carboxylic acids is 1. The maximum absolute atomic E-state index is 12.3. The topological polar surface area (TPSA) is 117 Å². The van der Waals surface area contributed by atoms with Gasteiger partial charge in [0, 0.05) is 13.6 Å². The Kier molecular flexibility index (Phi) is 4.97. The fraction of sp³-hybridized carbons (Fsp3) is 0.750. The Labute approximate surface area is 121 Å². The molecular formula is C12H19N3O6. The van der Waals surface area contributed by atoms with Gasteiger partial charge in [-0.3, -0.25) is 9.59 Å². The Bertz CT molecular complexity index is 429. The van der Waals surface area contributed by atoms with E-state index in [1.165, 1.54) is 11.9 Å². The first-order valence-corrected chi connectivity index (χ1v) is 6.71. The van der Waals surface area contributed by atoms with E-state index in [0.29, 0.717) is 6.61 Å². The van der Waals surface area contributed by atoms with Crippen LogP contribution in [0.1, 0.15) is 0 Å². The summed E-state index contributed by atoms with van der Waals surface area (Å²) in [7, 11) is 1.48. The van der Waals surface area contributed by atoms with Gasteiger partial charge in [0.1, 0.15) is 12.0 Å². The maximum Gasteiger partial charge on any atom is 0.318 e. The molecule has 3 N–H and O–H groups in total. The molecule has 2 saturated heterocycles. The van der Waals surface area contributed by atoms with Crippen molar-refractivity contribution in [2.24, 2.45) is 5.92 Å². The number of carboxylic acids is 1. The van der Waals surface area contributed by atoms with E-state index in [-0.39, 0.29) is 32.3 Å². The summed E-state index contributed by atoms with van der Waals surface area (Å²) in [5.41, 5.74) is 0. The molecule has 0 aromatic rings. The van der Waals surface area contributed by atoms with Gasteiger partial charge >= 0.3 is 12.0 Å². The van der Waals surface area contributed by atoms with Crippen LogP contribution in [-0.2, 0) is 19.1 Å². The average Bonchev–Trinajstić information content (AvgIpc) is 2.94. The molecule has 0 aromatic heterocycles. The smallest absolute Gasteiger partial charge is 0.318 e. The molecule has 3 amide bonds. The number of rotatable bonds is 3. The Morgan fingerprint density at radius 2 is 1.95 bits per heavy atom. The van der Waals surface area contributed by atoms with Crippen LogP contribution in [0.2, 0.25) is 0 Å². The Hall–Kier alpha value is -1.87. The second-order valence-corrected chi connectivity index (χ2v) is 4.94. The van der Waals surface area contributed by atoms with Crippen LogP contribution in [0.5, 0.6) is 0 Å². The summed E-state index contributed by atoms with van der Waals surface area (Å²) in [4.78, 5) is 36.5. The summed E-state index contributed by atoms with van der Waals surface area (Å²) in [6, 6.07) is -1.79. The molecule has 0 aliphatic carbocycles. The van der Waals surface area contributed by atoms with Crippen LogP contribution in [0.15, 0.2) is 0 Å². The molecule has 9 nitrogen and oxygen atoms in total. The highest BCUT2D eigenvalue weighted by atomic mass is 16.5. The second kappa shape index (κ2) is 6.72. The number of amides is 3. The minimum atomic E-state index is -1.01. The lowest BCUT2D eigenvalue weighted by Crippen LogP contribution is -2.59. The summed E-state index contributed by atoms with van der Waals surface area (Å²) >= 11 is 0. The fourth-order valence-corrected chi connectivity index (χ4v) is 2.41. The van der Waals surface area contributed by atoms with E-state index in [1.54, 1.807) is 0 Å². The average molecular weight is 301 g/mol. The SMILES string of the molecule is CNC(=O)C1COCCN1C(=O)NC1COCC1C(=O)O. The number of urea groups is 1. The van der Waals surface area contributed by atoms with Crippen molar-refractivity contribution in [1.29, 1.82) is 0 Å². The van der Waals surface area contributed by atoms with E-state index >= 15 is 0 Å². The largest absolute Gasteiger partial charge is 0.481 e. The van der Waals surface area contributed by atoms with Crippen molar-refractivity contribution in [2.45, 2.75) is 12.1 Å². The van der Waals surface area contributed by atoms with Gasteiger partial charge in [-0.2, -0.15) is 0 Å². The Morgan fingerprint density at radius 3 is 2.62 bits per heavy atom. The monoisotopic (exact) mass is 301 g/mol. The van der Waals surface area contributed by atoms with Crippen molar-refractivity contribution in [3.63, 3.8) is 0 Å². The van der Waals surface area contributed by atoms with Gasteiger partial charge < -0.3 is 30.1 Å². The third kappa shape index (κ3) is 3.42. The first-order valence-electron chi connectivity index (χ1n) is 6.71. The molecule has 21 heavy (non-hydrogen) atoms. The third-order valence-electron chi connectivity index (χ3n) is 3.64. The van der Waals surface area contributed by atoms with E-state index in [1.807, 2.05) is 0 Å². The lowest BCUT2D eigenvalue weighted by Gasteiger charge is -2.35. The number of nitrogens with zero attached hydrogens (tertiary/aromatic N) is 1. The quantitative estimate of drug-likeness (QED) is 0.568. The minimum absolute atomic E-state index is 0.0717. The van der Waals surface area contributed by atoms with Crippen molar-refractivity contribution >= 4 is 17.9 Å². The van der Waals surface area contributed by atoms with Crippen LogP contribution in [0.3, 0.4) is 0 Å². The number of carbonyl (C=O) groups is 3. The van der Waals surface area contributed by atoms with Crippen LogP contribution in [0.4, 0.5) is 4.79 Å². The van der Waals surface area contributed by atoms with Crippen LogP contribution >= 0.6 is 0 Å². The highest BCUT2D eigenvalue weighted by molar-refractivity contribution is 5.87. The molecule has 0 saturated carbocycles. The van der Waals surface area contributed by atoms with Gasteiger partial charge in [0.15, 0.2) is 0 Å². The summed E-state index contributed by atoms with van der Waals surface area (Å²) in [5.74, 6) is -2.10. The van der Waals surface area contributed by atoms with E-state index in [9.17, 15) is 14.4 Å². The molecule has 3 atom stereocenters. The van der Waals surface area contributed by atoms with Crippen LogP contribution in [-0.4, -0.2) is 80.0 Å². The van der Waals surface area contributed by atoms with Crippen molar-refractivity contribution < 1.29 is 29.0 Å². The molecule has 118 valence electrons. The van der Waals surface area contributed by atoms with Gasteiger partial charge in [0.2, 0.25) is 5.91 Å².